The van der Waals surface area contributed by atoms with Crippen LogP contribution >= 0.6 is 0 Å². The second kappa shape index (κ2) is 5.63. The molecule has 3 heterocycles. The van der Waals surface area contributed by atoms with Gasteiger partial charge in [0.25, 0.3) is 0 Å². The van der Waals surface area contributed by atoms with E-state index >= 15 is 0 Å². The molecule has 0 saturated heterocycles. The van der Waals surface area contributed by atoms with Crippen molar-refractivity contribution in [1.82, 2.24) is 14.6 Å². The van der Waals surface area contributed by atoms with E-state index in [1.165, 1.54) is 0 Å². The van der Waals surface area contributed by atoms with Crippen molar-refractivity contribution >= 4 is 11.5 Å². The Morgan fingerprint density at radius 3 is 2.92 bits per heavy atom. The lowest BCUT2D eigenvalue weighted by Gasteiger charge is -2.16. The van der Waals surface area contributed by atoms with Gasteiger partial charge in [-0.2, -0.15) is 9.61 Å². The normalized spacial score (nSPS) is 21.8. The van der Waals surface area contributed by atoms with Crippen LogP contribution in [0.2, 0.25) is 0 Å². The number of hydrogen-bond acceptors (Lipinski definition) is 6. The second-order valence-corrected chi connectivity index (χ2v) is 6.61. The minimum absolute atomic E-state index is 0.266. The van der Waals surface area contributed by atoms with E-state index in [4.69, 9.17) is 20.2 Å². The Bertz CT molecular complexity index is 938. The molecule has 3 N–H and O–H groups in total. The van der Waals surface area contributed by atoms with Crippen LogP contribution in [0.1, 0.15) is 19.3 Å². The molecule has 128 valence electrons. The molecule has 7 heteroatoms. The summed E-state index contributed by atoms with van der Waals surface area (Å²) in [4.78, 5) is 4.72. The van der Waals surface area contributed by atoms with E-state index in [-0.39, 0.29) is 12.8 Å². The van der Waals surface area contributed by atoms with Crippen molar-refractivity contribution in [1.29, 1.82) is 0 Å². The topological polar surface area (TPSA) is 86.7 Å². The molecule has 1 fully saturated rings. The van der Waals surface area contributed by atoms with E-state index in [1.54, 1.807) is 6.20 Å². The fraction of sp³-hybridized carbons (Fsp3) is 0.333. The molecule has 1 saturated carbocycles. The van der Waals surface area contributed by atoms with Gasteiger partial charge in [0.2, 0.25) is 6.79 Å². The van der Waals surface area contributed by atoms with Crippen LogP contribution in [-0.4, -0.2) is 33.5 Å². The highest BCUT2D eigenvalue weighted by Crippen LogP contribution is 2.36. The SMILES string of the molecule is N[C@H]1CC[C@H](Nc2cc(-c3ccc4c(c3)OCO4)nc3ccnn23)C1. The standard InChI is InChI=1S/C18H19N5O2/c19-12-2-3-13(8-12)21-18-9-14(22-17-5-6-20-23(17)18)11-1-4-15-16(7-11)25-10-24-15/h1,4-7,9,12-13,21H,2-3,8,10,19H2/t12-,13-/m0/s1. The number of nitrogens with zero attached hydrogens (tertiary/aromatic N) is 3. The van der Waals surface area contributed by atoms with Crippen molar-refractivity contribution in [3.8, 4) is 22.8 Å². The highest BCUT2D eigenvalue weighted by molar-refractivity contribution is 5.69. The van der Waals surface area contributed by atoms with Gasteiger partial charge in [0.15, 0.2) is 17.1 Å². The maximum absolute atomic E-state index is 6.04. The molecule has 7 nitrogen and oxygen atoms in total. The van der Waals surface area contributed by atoms with Crippen LogP contribution in [0.25, 0.3) is 16.9 Å². The van der Waals surface area contributed by atoms with Gasteiger partial charge in [-0.1, -0.05) is 0 Å². The third-order valence-electron chi connectivity index (χ3n) is 4.85. The molecule has 2 aromatic heterocycles. The summed E-state index contributed by atoms with van der Waals surface area (Å²) < 4.78 is 12.7. The number of nitrogens with two attached hydrogens (primary N) is 1. The van der Waals surface area contributed by atoms with Crippen molar-refractivity contribution in [2.45, 2.75) is 31.3 Å². The number of aromatic nitrogens is 3. The molecule has 0 spiro atoms. The van der Waals surface area contributed by atoms with Crippen LogP contribution in [-0.2, 0) is 0 Å². The van der Waals surface area contributed by atoms with E-state index in [1.807, 2.05) is 34.8 Å². The number of rotatable bonds is 3. The summed E-state index contributed by atoms with van der Waals surface area (Å²) >= 11 is 0. The first-order valence-corrected chi connectivity index (χ1v) is 8.53. The maximum atomic E-state index is 6.04. The van der Waals surface area contributed by atoms with Crippen LogP contribution in [0, 0.1) is 0 Å². The summed E-state index contributed by atoms with van der Waals surface area (Å²) in [5.74, 6) is 2.46. The van der Waals surface area contributed by atoms with Gasteiger partial charge in [-0.15, -0.1) is 0 Å². The van der Waals surface area contributed by atoms with Crippen LogP contribution < -0.4 is 20.5 Å². The predicted molar refractivity (Wildman–Crippen MR) is 93.8 cm³/mol. The Labute approximate surface area is 144 Å². The number of fused-ring (bicyclic) bond motifs is 2. The molecular weight excluding hydrogens is 318 g/mol. The molecule has 0 bridgehead atoms. The zero-order valence-corrected chi connectivity index (χ0v) is 13.7. The molecule has 2 aliphatic rings. The molecular formula is C18H19N5O2. The van der Waals surface area contributed by atoms with Crippen LogP contribution in [0.5, 0.6) is 11.5 Å². The van der Waals surface area contributed by atoms with Gasteiger partial charge >= 0.3 is 0 Å². The van der Waals surface area contributed by atoms with Gasteiger partial charge in [0.1, 0.15) is 5.82 Å². The number of nitrogens with one attached hydrogen (secondary N) is 1. The molecule has 0 unspecified atom stereocenters. The molecule has 5 rings (SSSR count). The molecule has 25 heavy (non-hydrogen) atoms. The summed E-state index contributed by atoms with van der Waals surface area (Å²) in [6, 6.07) is 10.5. The highest BCUT2D eigenvalue weighted by Gasteiger charge is 2.23. The molecule has 1 aliphatic carbocycles. The first-order valence-electron chi connectivity index (χ1n) is 8.53. The zero-order chi connectivity index (χ0) is 16.8. The van der Waals surface area contributed by atoms with Crippen molar-refractivity contribution in [2.75, 3.05) is 12.1 Å². The third kappa shape index (κ3) is 2.56. The van der Waals surface area contributed by atoms with Gasteiger partial charge in [0.05, 0.1) is 11.9 Å². The monoisotopic (exact) mass is 337 g/mol. The molecule has 0 amide bonds. The Kier molecular flexibility index (Phi) is 3.27. The maximum Gasteiger partial charge on any atom is 0.231 e. The van der Waals surface area contributed by atoms with Crippen LogP contribution in [0.15, 0.2) is 36.5 Å². The number of anilines is 1. The molecule has 1 aliphatic heterocycles. The molecule has 2 atom stereocenters. The summed E-state index contributed by atoms with van der Waals surface area (Å²) in [6.07, 6.45) is 4.87. The second-order valence-electron chi connectivity index (χ2n) is 6.61. The van der Waals surface area contributed by atoms with Gasteiger partial charge in [-0.05, 0) is 37.5 Å². The van der Waals surface area contributed by atoms with E-state index in [2.05, 4.69) is 10.4 Å². The van der Waals surface area contributed by atoms with Crippen LogP contribution in [0.3, 0.4) is 0 Å². The predicted octanol–water partition coefficient (Wildman–Crippen LogP) is 2.42. The summed E-state index contributed by atoms with van der Waals surface area (Å²) in [5.41, 5.74) is 8.71. The van der Waals surface area contributed by atoms with E-state index in [0.29, 0.717) is 6.04 Å². The van der Waals surface area contributed by atoms with Gasteiger partial charge in [0, 0.05) is 29.8 Å². The minimum Gasteiger partial charge on any atom is -0.454 e. The first-order chi connectivity index (χ1) is 12.3. The summed E-state index contributed by atoms with van der Waals surface area (Å²) in [5, 5.41) is 7.98. The lowest BCUT2D eigenvalue weighted by Crippen LogP contribution is -2.22. The van der Waals surface area contributed by atoms with Crippen molar-refractivity contribution < 1.29 is 9.47 Å². The molecule has 3 aromatic rings. The Balaban J connectivity index is 1.55. The molecule has 0 radical (unpaired) electrons. The molecule has 1 aromatic carbocycles. The smallest absolute Gasteiger partial charge is 0.231 e. The van der Waals surface area contributed by atoms with E-state index < -0.39 is 0 Å². The van der Waals surface area contributed by atoms with Gasteiger partial charge < -0.3 is 20.5 Å². The average molecular weight is 337 g/mol. The lowest BCUT2D eigenvalue weighted by molar-refractivity contribution is 0.174. The number of ether oxygens (including phenoxy) is 2. The van der Waals surface area contributed by atoms with Gasteiger partial charge in [-0.25, -0.2) is 4.98 Å². The van der Waals surface area contributed by atoms with E-state index in [9.17, 15) is 0 Å². The fourth-order valence-electron chi connectivity index (χ4n) is 3.58. The van der Waals surface area contributed by atoms with Gasteiger partial charge in [-0.3, -0.25) is 0 Å². The quantitative estimate of drug-likeness (QED) is 0.763. The van der Waals surface area contributed by atoms with Crippen LogP contribution in [0.4, 0.5) is 5.82 Å². The summed E-state index contributed by atoms with van der Waals surface area (Å²) in [6.45, 7) is 0.266. The Morgan fingerprint density at radius 1 is 1.12 bits per heavy atom. The Hall–Kier alpha value is -2.80. The number of hydrogen-bond donors (Lipinski definition) is 2. The average Bonchev–Trinajstić information content (AvgIpc) is 3.34. The Morgan fingerprint density at radius 2 is 2.04 bits per heavy atom. The van der Waals surface area contributed by atoms with Crippen molar-refractivity contribution in [2.24, 2.45) is 5.73 Å². The third-order valence-corrected chi connectivity index (χ3v) is 4.85. The van der Waals surface area contributed by atoms with Crippen molar-refractivity contribution in [3.05, 3.63) is 36.5 Å². The minimum atomic E-state index is 0.266. The highest BCUT2D eigenvalue weighted by atomic mass is 16.7. The number of benzene rings is 1. The summed E-state index contributed by atoms with van der Waals surface area (Å²) in [7, 11) is 0. The largest absolute Gasteiger partial charge is 0.454 e. The van der Waals surface area contributed by atoms with Crippen molar-refractivity contribution in [3.63, 3.8) is 0 Å². The zero-order valence-electron chi connectivity index (χ0n) is 13.7. The fourth-order valence-corrected chi connectivity index (χ4v) is 3.58. The van der Waals surface area contributed by atoms with E-state index in [0.717, 1.165) is 53.5 Å². The lowest BCUT2D eigenvalue weighted by atomic mass is 10.1. The first kappa shape index (κ1) is 14.5.